The minimum atomic E-state index is 0.456. The van der Waals surface area contributed by atoms with Crippen molar-refractivity contribution >= 4 is 0 Å². The molecule has 0 unspecified atom stereocenters. The first-order valence-electron chi connectivity index (χ1n) is 3.17. The molecule has 0 bridgehead atoms. The Hall–Kier alpha value is 0. The van der Waals surface area contributed by atoms with Crippen molar-refractivity contribution in [3.05, 3.63) is 13.3 Å². The number of hydrogen-bond acceptors (Lipinski definition) is 0. The van der Waals surface area contributed by atoms with Gasteiger partial charge in [-0.3, -0.25) is 0 Å². The highest BCUT2D eigenvalue weighted by molar-refractivity contribution is 4.74. The average Bonchev–Trinajstić information content (AvgIpc) is 1.59. The van der Waals surface area contributed by atoms with Crippen LogP contribution in [0.2, 0.25) is 0 Å². The largest absolute Gasteiger partial charge is 0.0602 e. The van der Waals surface area contributed by atoms with Crippen LogP contribution in [0.4, 0.5) is 0 Å². The maximum absolute atomic E-state index is 3.73. The molecule has 48 valence electrons. The third-order valence-corrected chi connectivity index (χ3v) is 0.961. The van der Waals surface area contributed by atoms with Crippen LogP contribution in [0.15, 0.2) is 0 Å². The van der Waals surface area contributed by atoms with E-state index in [9.17, 15) is 0 Å². The first-order valence-corrected chi connectivity index (χ1v) is 3.17. The molecular weight excluding hydrogens is 96.1 g/mol. The molecule has 8 heavy (non-hydrogen) atoms. The molecule has 0 atom stereocenters. The summed E-state index contributed by atoms with van der Waals surface area (Å²) in [5.41, 5.74) is 0.456. The second kappa shape index (κ2) is 3.11. The van der Waals surface area contributed by atoms with Crippen molar-refractivity contribution in [1.29, 1.82) is 0 Å². The standard InChI is InChI=1S/C8H16/c1-5-6-7-8(2,3)4/h6H,1,5,7H2,2-4H3. The Balaban J connectivity index is 3.11. The van der Waals surface area contributed by atoms with Crippen LogP contribution in [-0.4, -0.2) is 0 Å². The zero-order valence-corrected chi connectivity index (χ0v) is 6.20. The summed E-state index contributed by atoms with van der Waals surface area (Å²) in [6.07, 6.45) is 4.35. The fourth-order valence-electron chi connectivity index (χ4n) is 0.535. The second-order valence-corrected chi connectivity index (χ2v) is 3.34. The van der Waals surface area contributed by atoms with Crippen LogP contribution in [-0.2, 0) is 0 Å². The highest BCUT2D eigenvalue weighted by Crippen LogP contribution is 2.20. The van der Waals surface area contributed by atoms with Gasteiger partial charge in [-0.2, -0.15) is 0 Å². The molecule has 0 nitrogen and oxygen atoms in total. The maximum Gasteiger partial charge on any atom is -0.0380 e. The molecule has 0 aliphatic heterocycles. The van der Waals surface area contributed by atoms with Crippen LogP contribution >= 0.6 is 0 Å². The summed E-state index contributed by atoms with van der Waals surface area (Å²) >= 11 is 0. The second-order valence-electron chi connectivity index (χ2n) is 3.34. The molecule has 0 aliphatic carbocycles. The van der Waals surface area contributed by atoms with Gasteiger partial charge < -0.3 is 0 Å². The third-order valence-electron chi connectivity index (χ3n) is 0.961. The molecule has 0 spiro atoms. The van der Waals surface area contributed by atoms with Crippen LogP contribution in [0, 0.1) is 18.8 Å². The third kappa shape index (κ3) is 6.00. The van der Waals surface area contributed by atoms with E-state index < -0.39 is 0 Å². The van der Waals surface area contributed by atoms with E-state index in [1.807, 2.05) is 0 Å². The summed E-state index contributed by atoms with van der Waals surface area (Å²) in [6, 6.07) is 0. The normalized spacial score (nSPS) is 12.0. The molecule has 0 heterocycles. The number of rotatable bonds is 2. The smallest absolute Gasteiger partial charge is 0.0380 e. The van der Waals surface area contributed by atoms with E-state index in [4.69, 9.17) is 0 Å². The van der Waals surface area contributed by atoms with E-state index in [0.717, 1.165) is 6.42 Å². The van der Waals surface area contributed by atoms with Gasteiger partial charge in [0.1, 0.15) is 0 Å². The lowest BCUT2D eigenvalue weighted by Crippen LogP contribution is -2.03. The van der Waals surface area contributed by atoms with Crippen molar-refractivity contribution in [3.8, 4) is 0 Å². The zero-order valence-electron chi connectivity index (χ0n) is 6.20. The lowest BCUT2D eigenvalue weighted by Gasteiger charge is -2.16. The van der Waals surface area contributed by atoms with Gasteiger partial charge >= 0.3 is 0 Å². The average molecular weight is 112 g/mol. The minimum absolute atomic E-state index is 0.456. The summed E-state index contributed by atoms with van der Waals surface area (Å²) in [5.74, 6) is 0. The van der Waals surface area contributed by atoms with Crippen LogP contribution in [0.25, 0.3) is 0 Å². The SMILES string of the molecule is [CH2]C[CH]CC(C)(C)C. The molecule has 0 aromatic rings. The van der Waals surface area contributed by atoms with E-state index in [0.29, 0.717) is 5.41 Å². The molecular formula is C8H16. The fraction of sp³-hybridized carbons (Fsp3) is 0.750. The molecule has 0 saturated carbocycles. The van der Waals surface area contributed by atoms with Crippen molar-refractivity contribution in [2.45, 2.75) is 33.6 Å². The molecule has 2 radical (unpaired) electrons. The summed E-state index contributed by atoms with van der Waals surface area (Å²) in [7, 11) is 0. The van der Waals surface area contributed by atoms with Crippen LogP contribution in [0.3, 0.4) is 0 Å². The molecule has 0 rings (SSSR count). The predicted octanol–water partition coefficient (Wildman–Crippen LogP) is 2.85. The molecule has 0 aromatic carbocycles. The molecule has 0 saturated heterocycles. The lowest BCUT2D eigenvalue weighted by atomic mass is 9.90. The van der Waals surface area contributed by atoms with Crippen molar-refractivity contribution in [1.82, 2.24) is 0 Å². The molecule has 0 N–H and O–H groups in total. The number of unbranched alkanes of at least 4 members (excludes halogenated alkanes) is 1. The first kappa shape index (κ1) is 8.00. The predicted molar refractivity (Wildman–Crippen MR) is 38.3 cm³/mol. The van der Waals surface area contributed by atoms with Crippen molar-refractivity contribution in [2.75, 3.05) is 0 Å². The Labute approximate surface area is 53.3 Å². The van der Waals surface area contributed by atoms with Crippen molar-refractivity contribution in [2.24, 2.45) is 5.41 Å². The Morgan fingerprint density at radius 3 is 2.00 bits per heavy atom. The minimum Gasteiger partial charge on any atom is -0.0602 e. The van der Waals surface area contributed by atoms with E-state index >= 15 is 0 Å². The van der Waals surface area contributed by atoms with Gasteiger partial charge in [-0.05, 0) is 18.3 Å². The van der Waals surface area contributed by atoms with E-state index in [-0.39, 0.29) is 0 Å². The fourth-order valence-corrected chi connectivity index (χ4v) is 0.535. The quantitative estimate of drug-likeness (QED) is 0.515. The topological polar surface area (TPSA) is 0 Å². The monoisotopic (exact) mass is 112 g/mol. The molecule has 0 amide bonds. The van der Waals surface area contributed by atoms with Gasteiger partial charge in [-0.15, -0.1) is 0 Å². The summed E-state index contributed by atoms with van der Waals surface area (Å²) in [6.45, 7) is 10.4. The van der Waals surface area contributed by atoms with E-state index in [1.165, 1.54) is 6.42 Å². The van der Waals surface area contributed by atoms with Gasteiger partial charge in [-0.25, -0.2) is 0 Å². The summed E-state index contributed by atoms with van der Waals surface area (Å²) in [5, 5.41) is 0. The lowest BCUT2D eigenvalue weighted by molar-refractivity contribution is 0.404. The molecule has 0 aliphatic rings. The van der Waals surface area contributed by atoms with Gasteiger partial charge in [0.15, 0.2) is 0 Å². The van der Waals surface area contributed by atoms with Crippen molar-refractivity contribution < 1.29 is 0 Å². The molecule has 0 heteroatoms. The molecule has 0 aromatic heterocycles. The van der Waals surface area contributed by atoms with Gasteiger partial charge in [0, 0.05) is 0 Å². The summed E-state index contributed by atoms with van der Waals surface area (Å²) < 4.78 is 0. The zero-order chi connectivity index (χ0) is 6.62. The highest BCUT2D eigenvalue weighted by Gasteiger charge is 2.07. The molecule has 0 fully saturated rings. The number of hydrogen-bond donors (Lipinski definition) is 0. The first-order chi connectivity index (χ1) is 3.56. The Morgan fingerprint density at radius 2 is 1.88 bits per heavy atom. The maximum atomic E-state index is 3.73. The summed E-state index contributed by atoms with van der Waals surface area (Å²) in [4.78, 5) is 0. The Bertz CT molecular complexity index is 47.5. The van der Waals surface area contributed by atoms with Gasteiger partial charge in [0.25, 0.3) is 0 Å². The van der Waals surface area contributed by atoms with Crippen LogP contribution < -0.4 is 0 Å². The van der Waals surface area contributed by atoms with Gasteiger partial charge in [0.2, 0.25) is 0 Å². The van der Waals surface area contributed by atoms with E-state index in [1.54, 1.807) is 0 Å². The van der Waals surface area contributed by atoms with E-state index in [2.05, 4.69) is 34.1 Å². The van der Waals surface area contributed by atoms with Gasteiger partial charge in [-0.1, -0.05) is 34.1 Å². The Kier molecular flexibility index (Phi) is 3.11. The van der Waals surface area contributed by atoms with Gasteiger partial charge in [0.05, 0.1) is 0 Å². The van der Waals surface area contributed by atoms with Crippen molar-refractivity contribution in [3.63, 3.8) is 0 Å². The highest BCUT2D eigenvalue weighted by atomic mass is 14.1. The Morgan fingerprint density at radius 1 is 1.38 bits per heavy atom. The van der Waals surface area contributed by atoms with Crippen LogP contribution in [0.5, 0.6) is 0 Å². The van der Waals surface area contributed by atoms with Crippen LogP contribution in [0.1, 0.15) is 33.6 Å².